The lowest BCUT2D eigenvalue weighted by Crippen LogP contribution is -2.29. The first kappa shape index (κ1) is 12.8. The normalized spacial score (nSPS) is 25.4. The Hall–Kier alpha value is -0.680. The molecule has 0 radical (unpaired) electrons. The third-order valence-electron chi connectivity index (χ3n) is 3.17. The molecule has 96 valence electrons. The van der Waals surface area contributed by atoms with E-state index in [-0.39, 0.29) is 12.1 Å². The zero-order valence-corrected chi connectivity index (χ0v) is 11.3. The minimum Gasteiger partial charge on any atom is -0.391 e. The maximum absolute atomic E-state index is 10.0. The molecule has 1 heterocycles. The Morgan fingerprint density at radius 2 is 2.18 bits per heavy atom. The highest BCUT2D eigenvalue weighted by molar-refractivity contribution is 8.00. The smallest absolute Gasteiger partial charge is 0.135 e. The van der Waals surface area contributed by atoms with Crippen LogP contribution in [0.5, 0.6) is 0 Å². The molecule has 1 aromatic heterocycles. The van der Waals surface area contributed by atoms with Crippen molar-refractivity contribution in [1.82, 2.24) is 9.78 Å². The zero-order chi connectivity index (χ0) is 12.4. The van der Waals surface area contributed by atoms with Crippen molar-refractivity contribution in [2.45, 2.75) is 61.8 Å². The predicted molar refractivity (Wildman–Crippen MR) is 71.1 cm³/mol. The second kappa shape index (κ2) is 5.31. The summed E-state index contributed by atoms with van der Waals surface area (Å²) in [6.45, 7) is 4.27. The number of nitrogen functional groups attached to an aromatic ring is 1. The van der Waals surface area contributed by atoms with Gasteiger partial charge in [-0.3, -0.25) is 0 Å². The summed E-state index contributed by atoms with van der Waals surface area (Å²) in [6, 6.07) is 0.0604. The molecule has 0 aromatic carbocycles. The van der Waals surface area contributed by atoms with Gasteiger partial charge in [0.25, 0.3) is 0 Å². The van der Waals surface area contributed by atoms with E-state index in [0.717, 1.165) is 30.6 Å². The van der Waals surface area contributed by atoms with Gasteiger partial charge < -0.3 is 10.8 Å². The highest BCUT2D eigenvalue weighted by Gasteiger charge is 2.27. The quantitative estimate of drug-likeness (QED) is 0.814. The van der Waals surface area contributed by atoms with Crippen LogP contribution in [0.15, 0.2) is 11.1 Å². The number of nitrogens with two attached hydrogens (primary N) is 1. The molecule has 0 spiro atoms. The number of hydrogen-bond acceptors (Lipinski definition) is 4. The van der Waals surface area contributed by atoms with E-state index in [9.17, 15) is 5.11 Å². The summed E-state index contributed by atoms with van der Waals surface area (Å²) in [5, 5.41) is 14.9. The first-order valence-corrected chi connectivity index (χ1v) is 7.15. The van der Waals surface area contributed by atoms with E-state index in [1.165, 1.54) is 0 Å². The molecular weight excluding hydrogens is 234 g/mol. The van der Waals surface area contributed by atoms with Crippen molar-refractivity contribution >= 4 is 17.6 Å². The highest BCUT2D eigenvalue weighted by Crippen LogP contribution is 2.34. The molecule has 1 aliphatic carbocycles. The van der Waals surface area contributed by atoms with Crippen LogP contribution in [0.4, 0.5) is 5.82 Å². The lowest BCUT2D eigenvalue weighted by Gasteiger charge is -2.28. The molecule has 1 saturated carbocycles. The molecule has 2 atom stereocenters. The van der Waals surface area contributed by atoms with Gasteiger partial charge >= 0.3 is 0 Å². The van der Waals surface area contributed by atoms with Crippen LogP contribution in [0.3, 0.4) is 0 Å². The number of nitrogens with zero attached hydrogens (tertiary/aromatic N) is 2. The Morgan fingerprint density at radius 1 is 1.47 bits per heavy atom. The Kier molecular flexibility index (Phi) is 3.99. The Morgan fingerprint density at radius 3 is 2.82 bits per heavy atom. The summed E-state index contributed by atoms with van der Waals surface area (Å²) in [7, 11) is 0. The summed E-state index contributed by atoms with van der Waals surface area (Å²) in [5.41, 5.74) is 6.11. The molecular formula is C12H21N3OS. The van der Waals surface area contributed by atoms with E-state index in [2.05, 4.69) is 18.9 Å². The van der Waals surface area contributed by atoms with Crippen LogP contribution in [0.25, 0.3) is 0 Å². The molecule has 17 heavy (non-hydrogen) atoms. The Labute approximate surface area is 107 Å². The van der Waals surface area contributed by atoms with Crippen LogP contribution in [0.2, 0.25) is 0 Å². The molecule has 0 saturated heterocycles. The highest BCUT2D eigenvalue weighted by atomic mass is 32.2. The Bertz CT molecular complexity index is 378. The van der Waals surface area contributed by atoms with Crippen molar-refractivity contribution in [2.24, 2.45) is 0 Å². The summed E-state index contributed by atoms with van der Waals surface area (Å²) >= 11 is 1.72. The number of aliphatic hydroxyl groups is 1. The maximum atomic E-state index is 10.0. The van der Waals surface area contributed by atoms with E-state index in [1.54, 1.807) is 11.8 Å². The van der Waals surface area contributed by atoms with Gasteiger partial charge in [0, 0.05) is 5.25 Å². The van der Waals surface area contributed by atoms with E-state index in [1.807, 2.05) is 10.9 Å². The number of aromatic nitrogens is 2. The molecule has 1 aliphatic rings. The van der Waals surface area contributed by atoms with Gasteiger partial charge in [-0.15, -0.1) is 11.8 Å². The largest absolute Gasteiger partial charge is 0.391 e. The topological polar surface area (TPSA) is 64.1 Å². The number of thioether (sulfide) groups is 1. The molecule has 0 bridgehead atoms. The fourth-order valence-corrected chi connectivity index (χ4v) is 3.17. The van der Waals surface area contributed by atoms with Gasteiger partial charge in [-0.25, -0.2) is 4.68 Å². The molecule has 5 heteroatoms. The molecule has 1 aromatic rings. The van der Waals surface area contributed by atoms with Crippen molar-refractivity contribution in [3.63, 3.8) is 0 Å². The number of aliphatic hydroxyl groups excluding tert-OH is 1. The molecule has 1 fully saturated rings. The standard InChI is InChI=1S/C12H21N3OS/c1-8(2)17-11-7-14-15(12(11)13)9-5-3-4-6-10(9)16/h7-10,16H,3-6,13H2,1-2H3. The predicted octanol–water partition coefficient (Wildman–Crippen LogP) is 2.44. The van der Waals surface area contributed by atoms with Gasteiger partial charge in [0.05, 0.1) is 23.2 Å². The lowest BCUT2D eigenvalue weighted by molar-refractivity contribution is 0.0705. The van der Waals surface area contributed by atoms with Crippen LogP contribution < -0.4 is 5.73 Å². The lowest BCUT2D eigenvalue weighted by atomic mass is 9.93. The molecule has 3 N–H and O–H groups in total. The summed E-state index contributed by atoms with van der Waals surface area (Å²) in [6.07, 6.45) is 5.60. The minimum absolute atomic E-state index is 0.0604. The van der Waals surface area contributed by atoms with Crippen molar-refractivity contribution in [3.05, 3.63) is 6.20 Å². The molecule has 0 amide bonds. The second-order valence-corrected chi connectivity index (χ2v) is 6.54. The Balaban J connectivity index is 2.18. The minimum atomic E-state index is -0.303. The molecule has 2 rings (SSSR count). The van der Waals surface area contributed by atoms with Crippen molar-refractivity contribution < 1.29 is 5.11 Å². The van der Waals surface area contributed by atoms with Crippen LogP contribution in [-0.4, -0.2) is 26.2 Å². The average Bonchev–Trinajstić information content (AvgIpc) is 2.61. The summed E-state index contributed by atoms with van der Waals surface area (Å²) < 4.78 is 1.81. The zero-order valence-electron chi connectivity index (χ0n) is 10.5. The van der Waals surface area contributed by atoms with Gasteiger partial charge in [-0.05, 0) is 12.8 Å². The van der Waals surface area contributed by atoms with E-state index in [4.69, 9.17) is 5.73 Å². The van der Waals surface area contributed by atoms with Crippen molar-refractivity contribution in [3.8, 4) is 0 Å². The second-order valence-electron chi connectivity index (χ2n) is 4.92. The van der Waals surface area contributed by atoms with Crippen LogP contribution >= 0.6 is 11.8 Å². The van der Waals surface area contributed by atoms with Gasteiger partial charge in [0.15, 0.2) is 0 Å². The summed E-state index contributed by atoms with van der Waals surface area (Å²) in [5.74, 6) is 0.703. The number of rotatable bonds is 3. The van der Waals surface area contributed by atoms with Crippen molar-refractivity contribution in [1.29, 1.82) is 0 Å². The molecule has 4 nitrogen and oxygen atoms in total. The van der Waals surface area contributed by atoms with Crippen molar-refractivity contribution in [2.75, 3.05) is 5.73 Å². The third-order valence-corrected chi connectivity index (χ3v) is 4.21. The van der Waals surface area contributed by atoms with Crippen LogP contribution in [0, 0.1) is 0 Å². The summed E-state index contributed by atoms with van der Waals surface area (Å²) in [4.78, 5) is 1.03. The van der Waals surface area contributed by atoms with E-state index in [0.29, 0.717) is 11.1 Å². The van der Waals surface area contributed by atoms with E-state index < -0.39 is 0 Å². The van der Waals surface area contributed by atoms with Gasteiger partial charge in [-0.2, -0.15) is 5.10 Å². The van der Waals surface area contributed by atoms with Crippen LogP contribution in [0.1, 0.15) is 45.6 Å². The fraction of sp³-hybridized carbons (Fsp3) is 0.750. The monoisotopic (exact) mass is 255 g/mol. The van der Waals surface area contributed by atoms with Gasteiger partial charge in [-0.1, -0.05) is 26.7 Å². The molecule has 2 unspecified atom stereocenters. The number of anilines is 1. The van der Waals surface area contributed by atoms with Gasteiger partial charge in [0.2, 0.25) is 0 Å². The van der Waals surface area contributed by atoms with Crippen LogP contribution in [-0.2, 0) is 0 Å². The third kappa shape index (κ3) is 2.77. The SMILES string of the molecule is CC(C)Sc1cnn(C2CCCCC2O)c1N. The van der Waals surface area contributed by atoms with Gasteiger partial charge in [0.1, 0.15) is 5.82 Å². The maximum Gasteiger partial charge on any atom is 0.135 e. The first-order chi connectivity index (χ1) is 8.09. The average molecular weight is 255 g/mol. The first-order valence-electron chi connectivity index (χ1n) is 6.27. The molecule has 0 aliphatic heterocycles. The number of hydrogen-bond donors (Lipinski definition) is 2. The fourth-order valence-electron chi connectivity index (χ4n) is 2.34. The van der Waals surface area contributed by atoms with E-state index >= 15 is 0 Å².